The summed E-state index contributed by atoms with van der Waals surface area (Å²) in [4.78, 5) is 23.9. The number of rotatable bonds is 7. The van der Waals surface area contributed by atoms with E-state index in [2.05, 4.69) is 10.3 Å². The third-order valence-electron chi connectivity index (χ3n) is 2.62. The fraction of sp³-hybridized carbons (Fsp3) is 0.500. The number of nitrogens with zero attached hydrogens (tertiary/aromatic N) is 4. The highest BCUT2D eigenvalue weighted by atomic mass is 16.5. The Hall–Kier alpha value is -2.02. The Morgan fingerprint density at radius 1 is 1.21 bits per heavy atom. The molecule has 2 rings (SSSR count). The first-order valence-corrected chi connectivity index (χ1v) is 6.21. The van der Waals surface area contributed by atoms with E-state index in [1.807, 2.05) is 6.92 Å². The Labute approximate surface area is 110 Å². The van der Waals surface area contributed by atoms with Crippen LogP contribution in [0.1, 0.15) is 19.0 Å². The molecular weight excluding hydrogens is 248 g/mol. The molecule has 0 N–H and O–H groups in total. The van der Waals surface area contributed by atoms with E-state index in [4.69, 9.17) is 4.74 Å². The van der Waals surface area contributed by atoms with Gasteiger partial charge in [0.2, 0.25) is 0 Å². The van der Waals surface area contributed by atoms with Crippen LogP contribution >= 0.6 is 0 Å². The van der Waals surface area contributed by atoms with Gasteiger partial charge in [-0.1, -0.05) is 12.1 Å². The summed E-state index contributed by atoms with van der Waals surface area (Å²) in [5.41, 5.74) is 0.584. The maximum absolute atomic E-state index is 11.4. The molecule has 102 valence electrons. The maximum atomic E-state index is 11.4. The molecule has 0 bridgehead atoms. The minimum Gasteiger partial charge on any atom is -0.380 e. The molecule has 2 amide bonds. The summed E-state index contributed by atoms with van der Waals surface area (Å²) >= 11 is 0. The second kappa shape index (κ2) is 6.24. The van der Waals surface area contributed by atoms with Crippen LogP contribution in [0.4, 0.5) is 0 Å². The zero-order valence-electron chi connectivity index (χ0n) is 10.8. The maximum Gasteiger partial charge on any atom is 0.253 e. The lowest BCUT2D eigenvalue weighted by Crippen LogP contribution is -2.29. The van der Waals surface area contributed by atoms with Crippen LogP contribution in [0.5, 0.6) is 0 Å². The van der Waals surface area contributed by atoms with Gasteiger partial charge in [-0.05, 0) is 6.42 Å². The van der Waals surface area contributed by atoms with Crippen LogP contribution in [0, 0.1) is 0 Å². The Balaban J connectivity index is 1.84. The predicted octanol–water partition coefficient (Wildman–Crippen LogP) is 0.130. The van der Waals surface area contributed by atoms with Crippen molar-refractivity contribution in [2.45, 2.75) is 26.4 Å². The van der Waals surface area contributed by atoms with Crippen molar-refractivity contribution in [2.24, 2.45) is 0 Å². The highest BCUT2D eigenvalue weighted by Crippen LogP contribution is 2.08. The molecule has 1 aromatic rings. The van der Waals surface area contributed by atoms with Crippen molar-refractivity contribution in [3.8, 4) is 0 Å². The molecule has 19 heavy (non-hydrogen) atoms. The normalized spacial score (nSPS) is 14.7. The fourth-order valence-corrected chi connectivity index (χ4v) is 1.67. The minimum absolute atomic E-state index is 0.153. The standard InChI is InChI=1S/C12H16N4O3/c1-2-6-19-7-5-15-8-10(13-14-15)9-16-11(17)3-4-12(16)18/h3-4,8H,2,5-7,9H2,1H3. The van der Waals surface area contributed by atoms with Crippen molar-refractivity contribution in [3.63, 3.8) is 0 Å². The number of hydrogen-bond acceptors (Lipinski definition) is 5. The van der Waals surface area contributed by atoms with Crippen LogP contribution < -0.4 is 0 Å². The van der Waals surface area contributed by atoms with Crippen molar-refractivity contribution in [1.29, 1.82) is 0 Å². The molecule has 7 nitrogen and oxygen atoms in total. The molecule has 0 fully saturated rings. The SMILES string of the molecule is CCCOCCn1cc(CN2C(=O)C=CC2=O)nn1. The number of hydrogen-bond donors (Lipinski definition) is 0. The van der Waals surface area contributed by atoms with Gasteiger partial charge in [-0.25, -0.2) is 4.68 Å². The molecule has 2 heterocycles. The van der Waals surface area contributed by atoms with E-state index in [0.29, 0.717) is 18.8 Å². The molecule has 0 spiro atoms. The van der Waals surface area contributed by atoms with E-state index in [9.17, 15) is 9.59 Å². The second-order valence-corrected chi connectivity index (χ2v) is 4.18. The van der Waals surface area contributed by atoms with Gasteiger partial charge in [-0.2, -0.15) is 0 Å². The summed E-state index contributed by atoms with van der Waals surface area (Å²) in [6, 6.07) is 0. The number of amides is 2. The van der Waals surface area contributed by atoms with Gasteiger partial charge in [0, 0.05) is 18.8 Å². The predicted molar refractivity (Wildman–Crippen MR) is 65.8 cm³/mol. The van der Waals surface area contributed by atoms with E-state index >= 15 is 0 Å². The van der Waals surface area contributed by atoms with Crippen molar-refractivity contribution < 1.29 is 14.3 Å². The average Bonchev–Trinajstić information content (AvgIpc) is 2.97. The lowest BCUT2D eigenvalue weighted by atomic mass is 10.4. The zero-order valence-corrected chi connectivity index (χ0v) is 10.8. The topological polar surface area (TPSA) is 77.3 Å². The monoisotopic (exact) mass is 264 g/mol. The van der Waals surface area contributed by atoms with Crippen molar-refractivity contribution in [3.05, 3.63) is 24.0 Å². The van der Waals surface area contributed by atoms with Crippen LogP contribution in [0.3, 0.4) is 0 Å². The highest BCUT2D eigenvalue weighted by Gasteiger charge is 2.24. The molecule has 0 saturated carbocycles. The second-order valence-electron chi connectivity index (χ2n) is 4.18. The van der Waals surface area contributed by atoms with Gasteiger partial charge in [-0.15, -0.1) is 5.10 Å². The van der Waals surface area contributed by atoms with Gasteiger partial charge in [0.25, 0.3) is 11.8 Å². The van der Waals surface area contributed by atoms with Gasteiger partial charge in [-0.3, -0.25) is 14.5 Å². The first kappa shape index (κ1) is 13.4. The van der Waals surface area contributed by atoms with Gasteiger partial charge >= 0.3 is 0 Å². The Morgan fingerprint density at radius 3 is 2.63 bits per heavy atom. The zero-order chi connectivity index (χ0) is 13.7. The summed E-state index contributed by atoms with van der Waals surface area (Å²) in [5.74, 6) is -0.628. The van der Waals surface area contributed by atoms with Crippen molar-refractivity contribution in [2.75, 3.05) is 13.2 Å². The van der Waals surface area contributed by atoms with Crippen LogP contribution in [-0.4, -0.2) is 44.9 Å². The number of aromatic nitrogens is 3. The molecule has 0 atom stereocenters. The minimum atomic E-state index is -0.314. The number of ether oxygens (including phenoxy) is 1. The summed E-state index contributed by atoms with van der Waals surface area (Å²) < 4.78 is 6.99. The van der Waals surface area contributed by atoms with Crippen LogP contribution in [0.25, 0.3) is 0 Å². The Bertz CT molecular complexity index is 477. The van der Waals surface area contributed by atoms with Gasteiger partial charge in [0.05, 0.1) is 25.9 Å². The first-order valence-electron chi connectivity index (χ1n) is 6.21. The van der Waals surface area contributed by atoms with Crippen molar-refractivity contribution in [1.82, 2.24) is 19.9 Å². The lowest BCUT2D eigenvalue weighted by molar-refractivity contribution is -0.137. The van der Waals surface area contributed by atoms with Gasteiger partial charge in [0.1, 0.15) is 5.69 Å². The Morgan fingerprint density at radius 2 is 1.95 bits per heavy atom. The van der Waals surface area contributed by atoms with E-state index in [-0.39, 0.29) is 18.4 Å². The number of carbonyl (C=O) groups is 2. The summed E-state index contributed by atoms with van der Waals surface area (Å²) in [6.45, 7) is 4.10. The van der Waals surface area contributed by atoms with Crippen molar-refractivity contribution >= 4 is 11.8 Å². The third-order valence-corrected chi connectivity index (χ3v) is 2.62. The third kappa shape index (κ3) is 3.47. The lowest BCUT2D eigenvalue weighted by Gasteiger charge is -2.10. The van der Waals surface area contributed by atoms with Crippen LogP contribution in [-0.2, 0) is 27.4 Å². The molecule has 0 saturated heterocycles. The Kier molecular flexibility index (Phi) is 4.40. The van der Waals surface area contributed by atoms with Gasteiger partial charge in [0.15, 0.2) is 0 Å². The molecular formula is C12H16N4O3. The highest BCUT2D eigenvalue weighted by molar-refractivity contribution is 6.12. The van der Waals surface area contributed by atoms with Crippen LogP contribution in [0.15, 0.2) is 18.3 Å². The molecule has 7 heteroatoms. The van der Waals surface area contributed by atoms with Gasteiger partial charge < -0.3 is 4.74 Å². The number of carbonyl (C=O) groups excluding carboxylic acids is 2. The molecule has 1 aliphatic heterocycles. The van der Waals surface area contributed by atoms with E-state index < -0.39 is 0 Å². The fourth-order valence-electron chi connectivity index (χ4n) is 1.67. The first-order chi connectivity index (χ1) is 9.20. The molecule has 0 aromatic carbocycles. The van der Waals surface area contributed by atoms with Crippen LogP contribution in [0.2, 0.25) is 0 Å². The van der Waals surface area contributed by atoms with E-state index in [0.717, 1.165) is 17.9 Å². The molecule has 1 aliphatic rings. The average molecular weight is 264 g/mol. The van der Waals surface area contributed by atoms with E-state index in [1.165, 1.54) is 12.2 Å². The molecule has 0 radical (unpaired) electrons. The summed E-state index contributed by atoms with van der Waals surface area (Å²) in [6.07, 6.45) is 5.21. The molecule has 0 aliphatic carbocycles. The largest absolute Gasteiger partial charge is 0.380 e. The summed E-state index contributed by atoms with van der Waals surface area (Å²) in [7, 11) is 0. The molecule has 0 unspecified atom stereocenters. The molecule has 1 aromatic heterocycles. The smallest absolute Gasteiger partial charge is 0.253 e. The summed E-state index contributed by atoms with van der Waals surface area (Å²) in [5, 5.41) is 7.85. The quantitative estimate of drug-likeness (QED) is 0.517. The van der Waals surface area contributed by atoms with E-state index in [1.54, 1.807) is 10.9 Å². The number of imide groups is 1.